The highest BCUT2D eigenvalue weighted by atomic mass is 19.4. The van der Waals surface area contributed by atoms with Crippen LogP contribution in [0.3, 0.4) is 0 Å². The monoisotopic (exact) mass is 448 g/mol. The maximum Gasteiger partial charge on any atom is 0.460 e. The number of rotatable bonds is 11. The molecular formula is C13H13F13O2. The van der Waals surface area contributed by atoms with Crippen molar-refractivity contribution in [1.82, 2.24) is 0 Å². The first-order valence-electron chi connectivity index (χ1n) is 6.99. The first-order valence-corrected chi connectivity index (χ1v) is 6.99. The van der Waals surface area contributed by atoms with Crippen molar-refractivity contribution < 1.29 is 66.5 Å². The molecule has 0 amide bonds. The van der Waals surface area contributed by atoms with Crippen molar-refractivity contribution in [2.75, 3.05) is 19.8 Å². The average molecular weight is 448 g/mol. The molecule has 28 heavy (non-hydrogen) atoms. The van der Waals surface area contributed by atoms with Crippen molar-refractivity contribution in [1.29, 1.82) is 0 Å². The van der Waals surface area contributed by atoms with Crippen molar-refractivity contribution in [3.63, 3.8) is 0 Å². The van der Waals surface area contributed by atoms with Gasteiger partial charge in [-0.15, -0.1) is 0 Å². The molecule has 0 spiro atoms. The standard InChI is InChI=1S/C13H13F13O2/c1-3-27-4-5-28-6-7(2)8(14,15)9(16,17)10(18,19)11(20,21)12(22,23)13(24,25)26/h3,7H,1,4-6H2,2H3. The number of ether oxygens (including phenoxy) is 2. The van der Waals surface area contributed by atoms with E-state index in [1.807, 2.05) is 0 Å². The van der Waals surface area contributed by atoms with Crippen LogP contribution in [0.2, 0.25) is 0 Å². The second-order valence-electron chi connectivity index (χ2n) is 5.43. The highest BCUT2D eigenvalue weighted by Crippen LogP contribution is 2.61. The fraction of sp³-hybridized carbons (Fsp3) is 0.846. The van der Waals surface area contributed by atoms with Gasteiger partial charge < -0.3 is 9.47 Å². The summed E-state index contributed by atoms with van der Waals surface area (Å²) in [4.78, 5) is 0. The lowest BCUT2D eigenvalue weighted by Gasteiger charge is -2.41. The predicted octanol–water partition coefficient (Wildman–Crippen LogP) is 5.54. The number of hydrogen-bond acceptors (Lipinski definition) is 2. The van der Waals surface area contributed by atoms with Crippen LogP contribution < -0.4 is 0 Å². The quantitative estimate of drug-likeness (QED) is 0.235. The molecule has 0 radical (unpaired) electrons. The van der Waals surface area contributed by atoms with Crippen molar-refractivity contribution in [3.8, 4) is 0 Å². The van der Waals surface area contributed by atoms with Crippen LogP contribution in [0.1, 0.15) is 6.92 Å². The Morgan fingerprint density at radius 1 is 0.714 bits per heavy atom. The molecule has 15 heteroatoms. The Morgan fingerprint density at radius 2 is 1.14 bits per heavy atom. The molecule has 2 nitrogen and oxygen atoms in total. The van der Waals surface area contributed by atoms with Gasteiger partial charge in [-0.05, 0) is 0 Å². The summed E-state index contributed by atoms with van der Waals surface area (Å²) >= 11 is 0. The summed E-state index contributed by atoms with van der Waals surface area (Å²) in [5.74, 6) is -39.9. The van der Waals surface area contributed by atoms with Crippen LogP contribution in [0.25, 0.3) is 0 Å². The van der Waals surface area contributed by atoms with E-state index in [4.69, 9.17) is 0 Å². The van der Waals surface area contributed by atoms with Gasteiger partial charge in [-0.3, -0.25) is 0 Å². The van der Waals surface area contributed by atoms with E-state index in [1.165, 1.54) is 0 Å². The van der Waals surface area contributed by atoms with Crippen LogP contribution in [0.15, 0.2) is 12.8 Å². The highest BCUT2D eigenvalue weighted by molar-refractivity contribution is 5.10. The largest absolute Gasteiger partial charge is 0.499 e. The summed E-state index contributed by atoms with van der Waals surface area (Å²) in [6.07, 6.45) is -6.57. The summed E-state index contributed by atoms with van der Waals surface area (Å²) in [5, 5.41) is 0. The normalized spacial score (nSPS) is 16.1. The molecule has 0 aliphatic heterocycles. The fourth-order valence-electron chi connectivity index (χ4n) is 1.65. The topological polar surface area (TPSA) is 18.5 Å². The zero-order valence-corrected chi connectivity index (χ0v) is 13.7. The van der Waals surface area contributed by atoms with Crippen LogP contribution in [0, 0.1) is 5.92 Å². The van der Waals surface area contributed by atoms with Crippen molar-refractivity contribution >= 4 is 0 Å². The van der Waals surface area contributed by atoms with Crippen LogP contribution >= 0.6 is 0 Å². The van der Waals surface area contributed by atoms with E-state index >= 15 is 0 Å². The molecule has 0 saturated carbocycles. The number of alkyl halides is 13. The molecule has 0 aromatic carbocycles. The lowest BCUT2D eigenvalue weighted by atomic mass is 9.88. The molecule has 0 bridgehead atoms. The van der Waals surface area contributed by atoms with E-state index in [0.29, 0.717) is 0 Å². The number of halogens is 13. The minimum absolute atomic E-state index is 0.110. The molecule has 0 N–H and O–H groups in total. The summed E-state index contributed by atoms with van der Waals surface area (Å²) < 4.78 is 177. The van der Waals surface area contributed by atoms with Gasteiger partial charge in [-0.2, -0.15) is 57.1 Å². The smallest absolute Gasteiger partial charge is 0.460 e. The van der Waals surface area contributed by atoms with Gasteiger partial charge in [0.05, 0.1) is 19.5 Å². The summed E-state index contributed by atoms with van der Waals surface area (Å²) in [5.41, 5.74) is 0. The molecule has 0 rings (SSSR count). The van der Waals surface area contributed by atoms with E-state index in [-0.39, 0.29) is 13.5 Å². The van der Waals surface area contributed by atoms with E-state index in [9.17, 15) is 57.1 Å². The lowest BCUT2D eigenvalue weighted by Crippen LogP contribution is -2.71. The van der Waals surface area contributed by atoms with Crippen molar-refractivity contribution in [3.05, 3.63) is 12.8 Å². The first kappa shape index (κ1) is 26.6. The zero-order valence-electron chi connectivity index (χ0n) is 13.7. The van der Waals surface area contributed by atoms with Gasteiger partial charge in [0, 0.05) is 5.92 Å². The SMILES string of the molecule is C=COCCOCC(C)C(F)(F)C(F)(F)C(F)(F)C(F)(F)C(F)(F)C(F)(F)F. The van der Waals surface area contributed by atoms with E-state index in [2.05, 4.69) is 16.1 Å². The van der Waals surface area contributed by atoms with Crippen molar-refractivity contribution in [2.45, 2.75) is 42.7 Å². The second kappa shape index (κ2) is 8.14. The summed E-state index contributed by atoms with van der Waals surface area (Å²) in [7, 11) is 0. The molecule has 0 saturated heterocycles. The summed E-state index contributed by atoms with van der Waals surface area (Å²) in [6.45, 7) is 0.767. The predicted molar refractivity (Wildman–Crippen MR) is 66.9 cm³/mol. The van der Waals surface area contributed by atoms with E-state index < -0.39 is 54.9 Å². The number of hydrogen-bond donors (Lipinski definition) is 0. The lowest BCUT2D eigenvalue weighted by molar-refractivity contribution is -0.443. The molecule has 1 unspecified atom stereocenters. The minimum Gasteiger partial charge on any atom is -0.499 e. The van der Waals surface area contributed by atoms with Crippen LogP contribution in [0.5, 0.6) is 0 Å². The molecule has 168 valence electrons. The molecule has 0 fully saturated rings. The fourth-order valence-corrected chi connectivity index (χ4v) is 1.65. The van der Waals surface area contributed by atoms with Gasteiger partial charge in [-0.25, -0.2) is 0 Å². The van der Waals surface area contributed by atoms with Gasteiger partial charge in [0.25, 0.3) is 0 Å². The van der Waals surface area contributed by atoms with Gasteiger partial charge in [0.2, 0.25) is 0 Å². The van der Waals surface area contributed by atoms with Gasteiger partial charge >= 0.3 is 35.8 Å². The Kier molecular flexibility index (Phi) is 7.73. The first-order chi connectivity index (χ1) is 12.2. The van der Waals surface area contributed by atoms with E-state index in [0.717, 1.165) is 6.26 Å². The summed E-state index contributed by atoms with van der Waals surface area (Å²) in [6, 6.07) is 0. The maximum absolute atomic E-state index is 13.7. The van der Waals surface area contributed by atoms with Gasteiger partial charge in [0.1, 0.15) is 6.61 Å². The van der Waals surface area contributed by atoms with Gasteiger partial charge in [-0.1, -0.05) is 13.5 Å². The van der Waals surface area contributed by atoms with Crippen molar-refractivity contribution in [2.24, 2.45) is 5.92 Å². The van der Waals surface area contributed by atoms with Crippen LogP contribution in [-0.2, 0) is 9.47 Å². The van der Waals surface area contributed by atoms with E-state index in [1.54, 1.807) is 0 Å². The Hall–Kier alpha value is -1.41. The molecule has 1 atom stereocenters. The molecule has 0 heterocycles. The third-order valence-electron chi connectivity index (χ3n) is 3.41. The highest BCUT2D eigenvalue weighted by Gasteiger charge is 2.91. The second-order valence-corrected chi connectivity index (χ2v) is 5.43. The zero-order chi connectivity index (χ0) is 22.8. The average Bonchev–Trinajstić information content (AvgIpc) is 2.52. The molecular weight excluding hydrogens is 435 g/mol. The molecule has 0 aliphatic carbocycles. The Morgan fingerprint density at radius 3 is 1.54 bits per heavy atom. The maximum atomic E-state index is 13.7. The third-order valence-corrected chi connectivity index (χ3v) is 3.41. The minimum atomic E-state index is -7.90. The Labute approximate surface area is 149 Å². The van der Waals surface area contributed by atoms with Crippen LogP contribution in [0.4, 0.5) is 57.1 Å². The molecule has 0 aromatic rings. The van der Waals surface area contributed by atoms with Gasteiger partial charge in [0.15, 0.2) is 0 Å². The third kappa shape index (κ3) is 4.27. The Bertz CT molecular complexity index is 527. The molecule has 0 aromatic heterocycles. The molecule has 0 aliphatic rings. The van der Waals surface area contributed by atoms with Crippen LogP contribution in [-0.4, -0.2) is 55.6 Å². The Balaban J connectivity index is 5.75.